The molecule has 0 fully saturated rings. The summed E-state index contributed by atoms with van der Waals surface area (Å²) in [6.07, 6.45) is 0. The molecule has 2 rings (SSSR count). The number of amides is 1. The minimum atomic E-state index is -0.539. The lowest BCUT2D eigenvalue weighted by molar-refractivity contribution is 0.1000. The van der Waals surface area contributed by atoms with Crippen LogP contribution in [0.4, 0.5) is 10.1 Å². The van der Waals surface area contributed by atoms with E-state index >= 15 is 0 Å². The molecule has 4 N–H and O–H groups in total. The molecular weight excluding hydrogens is 259 g/mol. The molecule has 0 saturated heterocycles. The lowest BCUT2D eigenvalue weighted by Gasteiger charge is -2.13. The number of benzene rings is 2. The maximum absolute atomic E-state index is 13.7. The topological polar surface area (TPSA) is 78.3 Å². The van der Waals surface area contributed by atoms with Crippen LogP contribution in [0.1, 0.15) is 21.5 Å². The highest BCUT2D eigenvalue weighted by Gasteiger charge is 2.12. The molecule has 20 heavy (non-hydrogen) atoms. The van der Waals surface area contributed by atoms with Crippen molar-refractivity contribution in [1.82, 2.24) is 0 Å². The van der Waals surface area contributed by atoms with Gasteiger partial charge in [0.2, 0.25) is 5.91 Å². The van der Waals surface area contributed by atoms with Gasteiger partial charge in [-0.2, -0.15) is 0 Å². The van der Waals surface area contributed by atoms with Crippen LogP contribution in [0.25, 0.3) is 0 Å². The molecule has 0 saturated carbocycles. The highest BCUT2D eigenvalue weighted by molar-refractivity contribution is 5.93. The van der Waals surface area contributed by atoms with Crippen LogP contribution >= 0.6 is 0 Å². The van der Waals surface area contributed by atoms with Crippen molar-refractivity contribution in [2.45, 2.75) is 13.8 Å². The summed E-state index contributed by atoms with van der Waals surface area (Å²) < 4.78 is 19.3. The number of primary amides is 1. The fourth-order valence-corrected chi connectivity index (χ4v) is 1.96. The quantitative estimate of drug-likeness (QED) is 0.845. The highest BCUT2D eigenvalue weighted by atomic mass is 19.1. The third-order valence-corrected chi connectivity index (χ3v) is 2.91. The smallest absolute Gasteiger partial charge is 0.248 e. The molecule has 0 unspecified atom stereocenters. The Labute approximate surface area is 116 Å². The SMILES string of the molecule is Cc1cc(C(N)=O)cc(C)c1Oc1ccc(N)cc1F. The van der Waals surface area contributed by atoms with Crippen LogP contribution in [0.15, 0.2) is 30.3 Å². The molecule has 0 heterocycles. The monoisotopic (exact) mass is 274 g/mol. The zero-order valence-corrected chi connectivity index (χ0v) is 11.2. The molecule has 2 aromatic carbocycles. The Kier molecular flexibility index (Phi) is 3.61. The highest BCUT2D eigenvalue weighted by Crippen LogP contribution is 2.31. The standard InChI is InChI=1S/C15H15FN2O2/c1-8-5-10(15(18)19)6-9(2)14(8)20-13-4-3-11(17)7-12(13)16/h3-7H,17H2,1-2H3,(H2,18,19). The van der Waals surface area contributed by atoms with Crippen molar-refractivity contribution in [2.24, 2.45) is 5.73 Å². The lowest BCUT2D eigenvalue weighted by atomic mass is 10.1. The number of aryl methyl sites for hydroxylation is 2. The second kappa shape index (κ2) is 5.21. The maximum atomic E-state index is 13.7. The summed E-state index contributed by atoms with van der Waals surface area (Å²) in [4.78, 5) is 11.2. The van der Waals surface area contributed by atoms with Crippen molar-refractivity contribution in [1.29, 1.82) is 0 Å². The fourth-order valence-electron chi connectivity index (χ4n) is 1.96. The zero-order chi connectivity index (χ0) is 14.9. The van der Waals surface area contributed by atoms with Crippen LogP contribution in [-0.4, -0.2) is 5.91 Å². The van der Waals surface area contributed by atoms with Gasteiger partial charge in [-0.1, -0.05) is 0 Å². The average Bonchev–Trinajstić information content (AvgIpc) is 2.35. The van der Waals surface area contributed by atoms with Gasteiger partial charge in [-0.25, -0.2) is 4.39 Å². The molecule has 0 aliphatic rings. The predicted molar refractivity (Wildman–Crippen MR) is 75.3 cm³/mol. The Morgan fingerprint density at radius 2 is 1.75 bits per heavy atom. The predicted octanol–water partition coefficient (Wildman–Crippen LogP) is 2.92. The van der Waals surface area contributed by atoms with Crippen LogP contribution in [0.3, 0.4) is 0 Å². The van der Waals surface area contributed by atoms with Crippen molar-refractivity contribution >= 4 is 11.6 Å². The number of carbonyl (C=O) groups is 1. The summed E-state index contributed by atoms with van der Waals surface area (Å²) in [5, 5.41) is 0. The van der Waals surface area contributed by atoms with Gasteiger partial charge >= 0.3 is 0 Å². The number of nitrogens with two attached hydrogens (primary N) is 2. The second-order valence-corrected chi connectivity index (χ2v) is 4.60. The van der Waals surface area contributed by atoms with Crippen molar-refractivity contribution in [3.8, 4) is 11.5 Å². The van der Waals surface area contributed by atoms with E-state index < -0.39 is 11.7 Å². The molecule has 4 nitrogen and oxygen atoms in total. The van der Waals surface area contributed by atoms with Gasteiger partial charge in [0, 0.05) is 17.3 Å². The Balaban J connectivity index is 2.41. The number of hydrogen-bond donors (Lipinski definition) is 2. The Morgan fingerprint density at radius 1 is 1.15 bits per heavy atom. The van der Waals surface area contributed by atoms with Gasteiger partial charge in [-0.05, 0) is 49.2 Å². The summed E-state index contributed by atoms with van der Waals surface area (Å²) in [5.41, 5.74) is 12.9. The van der Waals surface area contributed by atoms with Gasteiger partial charge in [-0.3, -0.25) is 4.79 Å². The second-order valence-electron chi connectivity index (χ2n) is 4.60. The van der Waals surface area contributed by atoms with Crippen LogP contribution < -0.4 is 16.2 Å². The normalized spacial score (nSPS) is 10.3. The van der Waals surface area contributed by atoms with E-state index in [1.165, 1.54) is 12.1 Å². The number of nitrogen functional groups attached to an aromatic ring is 1. The first-order chi connectivity index (χ1) is 9.38. The largest absolute Gasteiger partial charge is 0.454 e. The molecule has 0 radical (unpaired) electrons. The Bertz CT molecular complexity index is 661. The summed E-state index contributed by atoms with van der Waals surface area (Å²) in [5.74, 6) is -0.472. The minimum Gasteiger partial charge on any atom is -0.454 e. The first-order valence-corrected chi connectivity index (χ1v) is 6.02. The number of ether oxygens (including phenoxy) is 1. The van der Waals surface area contributed by atoms with Gasteiger partial charge in [0.1, 0.15) is 5.75 Å². The molecule has 104 valence electrons. The van der Waals surface area contributed by atoms with E-state index in [-0.39, 0.29) is 5.75 Å². The van der Waals surface area contributed by atoms with Gasteiger partial charge in [0.25, 0.3) is 0 Å². The third kappa shape index (κ3) is 2.71. The van der Waals surface area contributed by atoms with E-state index in [1.807, 2.05) is 0 Å². The van der Waals surface area contributed by atoms with Gasteiger partial charge in [0.05, 0.1) is 0 Å². The molecule has 0 bridgehead atoms. The van der Waals surface area contributed by atoms with Crippen molar-refractivity contribution in [3.63, 3.8) is 0 Å². The molecular formula is C15H15FN2O2. The van der Waals surface area contributed by atoms with Crippen molar-refractivity contribution in [3.05, 3.63) is 52.8 Å². The van der Waals surface area contributed by atoms with Gasteiger partial charge in [0.15, 0.2) is 11.6 Å². The first kappa shape index (κ1) is 13.9. The lowest BCUT2D eigenvalue weighted by Crippen LogP contribution is -2.11. The van der Waals surface area contributed by atoms with Crippen LogP contribution in [-0.2, 0) is 0 Å². The molecule has 0 aliphatic heterocycles. The molecule has 2 aromatic rings. The van der Waals surface area contributed by atoms with Crippen molar-refractivity contribution in [2.75, 3.05) is 5.73 Å². The average molecular weight is 274 g/mol. The van der Waals surface area contributed by atoms with Crippen molar-refractivity contribution < 1.29 is 13.9 Å². The van der Waals surface area contributed by atoms with Gasteiger partial charge < -0.3 is 16.2 Å². The molecule has 0 atom stereocenters. The van der Waals surface area contributed by atoms with E-state index in [4.69, 9.17) is 16.2 Å². The van der Waals surface area contributed by atoms with Crippen LogP contribution in [0.5, 0.6) is 11.5 Å². The Hall–Kier alpha value is -2.56. The summed E-state index contributed by atoms with van der Waals surface area (Å²) in [6, 6.07) is 7.43. The molecule has 1 amide bonds. The molecule has 0 aromatic heterocycles. The van der Waals surface area contributed by atoms with Gasteiger partial charge in [-0.15, -0.1) is 0 Å². The molecule has 0 spiro atoms. The maximum Gasteiger partial charge on any atom is 0.248 e. The Morgan fingerprint density at radius 3 is 2.25 bits per heavy atom. The zero-order valence-electron chi connectivity index (χ0n) is 11.2. The fraction of sp³-hybridized carbons (Fsp3) is 0.133. The number of anilines is 1. The van der Waals surface area contributed by atoms with Crippen LogP contribution in [0.2, 0.25) is 0 Å². The number of carbonyl (C=O) groups excluding carboxylic acids is 1. The van der Waals surface area contributed by atoms with E-state index in [0.29, 0.717) is 28.1 Å². The number of halogens is 1. The number of hydrogen-bond acceptors (Lipinski definition) is 3. The first-order valence-electron chi connectivity index (χ1n) is 6.02. The summed E-state index contributed by atoms with van der Waals surface area (Å²) in [7, 11) is 0. The number of rotatable bonds is 3. The van der Waals surface area contributed by atoms with E-state index in [1.54, 1.807) is 32.0 Å². The van der Waals surface area contributed by atoms with E-state index in [9.17, 15) is 9.18 Å². The summed E-state index contributed by atoms with van der Waals surface area (Å²) >= 11 is 0. The van der Waals surface area contributed by atoms with E-state index in [0.717, 1.165) is 0 Å². The minimum absolute atomic E-state index is 0.0808. The van der Waals surface area contributed by atoms with E-state index in [2.05, 4.69) is 0 Å². The van der Waals surface area contributed by atoms with Crippen LogP contribution in [0, 0.1) is 19.7 Å². The third-order valence-electron chi connectivity index (χ3n) is 2.91. The summed E-state index contributed by atoms with van der Waals surface area (Å²) in [6.45, 7) is 3.54. The molecule has 0 aliphatic carbocycles. The molecule has 5 heteroatoms.